The van der Waals surface area contributed by atoms with Crippen LogP contribution < -0.4 is 5.32 Å². The van der Waals surface area contributed by atoms with Crippen molar-refractivity contribution >= 4 is 11.9 Å². The lowest BCUT2D eigenvalue weighted by Gasteiger charge is -2.17. The monoisotopic (exact) mass is 154 g/mol. The predicted octanol–water partition coefficient (Wildman–Crippen LogP) is 0.113. The number of carbonyl (C=O) groups excluding carboxylic acids is 2. The largest absolute Gasteiger partial charge is 0.325 e. The van der Waals surface area contributed by atoms with Crippen LogP contribution >= 0.6 is 0 Å². The van der Waals surface area contributed by atoms with Crippen molar-refractivity contribution in [1.82, 2.24) is 10.2 Å². The summed E-state index contributed by atoms with van der Waals surface area (Å²) in [6.45, 7) is 5.49. The van der Waals surface area contributed by atoms with Crippen molar-refractivity contribution in [3.8, 4) is 0 Å². The van der Waals surface area contributed by atoms with Crippen molar-refractivity contribution in [3.05, 3.63) is 12.7 Å². The molecule has 0 bridgehead atoms. The predicted molar refractivity (Wildman–Crippen MR) is 39.9 cm³/mol. The number of carbonyl (C=O) groups is 2. The number of imide groups is 1. The fourth-order valence-corrected chi connectivity index (χ4v) is 0.913. The van der Waals surface area contributed by atoms with Crippen LogP contribution in [0.4, 0.5) is 4.79 Å². The second kappa shape index (κ2) is 2.74. The number of hydrogen-bond donors (Lipinski definition) is 1. The highest BCUT2D eigenvalue weighted by molar-refractivity contribution is 6.02. The molecular weight excluding hydrogens is 144 g/mol. The molecule has 1 unspecified atom stereocenters. The molecule has 1 atom stereocenters. The van der Waals surface area contributed by atoms with Crippen LogP contribution in [-0.4, -0.2) is 29.4 Å². The van der Waals surface area contributed by atoms with Crippen molar-refractivity contribution in [2.24, 2.45) is 0 Å². The molecule has 1 fully saturated rings. The molecule has 1 N–H and O–H groups in total. The highest BCUT2D eigenvalue weighted by atomic mass is 16.2. The lowest BCUT2D eigenvalue weighted by Crippen LogP contribution is -2.34. The number of nitrogens with zero attached hydrogens (tertiary/aromatic N) is 1. The van der Waals surface area contributed by atoms with Crippen LogP contribution in [0, 0.1) is 0 Å². The van der Waals surface area contributed by atoms with Gasteiger partial charge in [0.2, 0.25) is 5.91 Å². The van der Waals surface area contributed by atoms with E-state index >= 15 is 0 Å². The second-order valence-corrected chi connectivity index (χ2v) is 2.46. The molecule has 0 saturated carbocycles. The SMILES string of the molecule is C=CC(C)N1CC(=O)NC1=O. The Morgan fingerprint density at radius 1 is 1.73 bits per heavy atom. The first-order valence-corrected chi connectivity index (χ1v) is 3.38. The summed E-state index contributed by atoms with van der Waals surface area (Å²) in [5.74, 6) is -0.247. The molecule has 60 valence electrons. The third-order valence-electron chi connectivity index (χ3n) is 1.65. The van der Waals surface area contributed by atoms with Gasteiger partial charge in [-0.3, -0.25) is 10.1 Å². The minimum absolute atomic E-state index is 0.0820. The summed E-state index contributed by atoms with van der Waals surface area (Å²) in [6.07, 6.45) is 1.62. The zero-order valence-corrected chi connectivity index (χ0v) is 6.33. The van der Waals surface area contributed by atoms with E-state index in [1.165, 1.54) is 4.90 Å². The fraction of sp³-hybridized carbons (Fsp3) is 0.429. The average molecular weight is 154 g/mol. The van der Waals surface area contributed by atoms with Crippen molar-refractivity contribution in [2.75, 3.05) is 6.54 Å². The van der Waals surface area contributed by atoms with Gasteiger partial charge in [-0.25, -0.2) is 4.79 Å². The van der Waals surface area contributed by atoms with E-state index in [-0.39, 0.29) is 24.5 Å². The highest BCUT2D eigenvalue weighted by Crippen LogP contribution is 2.04. The maximum absolute atomic E-state index is 10.9. The van der Waals surface area contributed by atoms with Gasteiger partial charge in [0.05, 0.1) is 0 Å². The molecule has 0 aromatic rings. The standard InChI is InChI=1S/C7H10N2O2/c1-3-5(2)9-4-6(10)8-7(9)11/h3,5H,1,4H2,2H3,(H,8,10,11). The Bertz CT molecular complexity index is 212. The normalized spacial score (nSPS) is 19.9. The summed E-state index contributed by atoms with van der Waals surface area (Å²) in [4.78, 5) is 23.0. The number of urea groups is 1. The number of amides is 3. The molecule has 1 heterocycles. The summed E-state index contributed by atoms with van der Waals surface area (Å²) < 4.78 is 0. The first-order chi connectivity index (χ1) is 5.15. The summed E-state index contributed by atoms with van der Waals surface area (Å²) in [6, 6.07) is -0.413. The van der Waals surface area contributed by atoms with E-state index in [0.717, 1.165) is 0 Å². The van der Waals surface area contributed by atoms with E-state index in [9.17, 15) is 9.59 Å². The molecule has 1 aliphatic rings. The molecule has 0 radical (unpaired) electrons. The topological polar surface area (TPSA) is 49.4 Å². The van der Waals surface area contributed by atoms with E-state index < -0.39 is 0 Å². The Hall–Kier alpha value is -1.32. The van der Waals surface area contributed by atoms with Gasteiger partial charge in [0.25, 0.3) is 0 Å². The number of hydrogen-bond acceptors (Lipinski definition) is 2. The number of nitrogens with one attached hydrogen (secondary N) is 1. The van der Waals surface area contributed by atoms with Gasteiger partial charge in [-0.2, -0.15) is 0 Å². The molecule has 11 heavy (non-hydrogen) atoms. The van der Waals surface area contributed by atoms with Gasteiger partial charge in [-0.05, 0) is 6.92 Å². The Kier molecular flexibility index (Phi) is 1.94. The minimum Gasteiger partial charge on any atom is -0.309 e. The van der Waals surface area contributed by atoms with Crippen LogP contribution in [0.5, 0.6) is 0 Å². The van der Waals surface area contributed by atoms with Crippen LogP contribution in [0.1, 0.15) is 6.92 Å². The van der Waals surface area contributed by atoms with Crippen molar-refractivity contribution in [1.29, 1.82) is 0 Å². The molecule has 4 heteroatoms. The summed E-state index contributed by atoms with van der Waals surface area (Å²) in [5.41, 5.74) is 0. The molecule has 0 aliphatic carbocycles. The Balaban J connectivity index is 2.66. The van der Waals surface area contributed by atoms with Gasteiger partial charge in [-0.1, -0.05) is 6.08 Å². The maximum Gasteiger partial charge on any atom is 0.325 e. The molecular formula is C7H10N2O2. The molecule has 0 spiro atoms. The van der Waals surface area contributed by atoms with Crippen LogP contribution in [0.15, 0.2) is 12.7 Å². The molecule has 1 saturated heterocycles. The second-order valence-electron chi connectivity index (χ2n) is 2.46. The van der Waals surface area contributed by atoms with Gasteiger partial charge < -0.3 is 4.90 Å². The Morgan fingerprint density at radius 3 is 2.73 bits per heavy atom. The van der Waals surface area contributed by atoms with Gasteiger partial charge >= 0.3 is 6.03 Å². The maximum atomic E-state index is 10.9. The minimum atomic E-state index is -0.331. The molecule has 4 nitrogen and oxygen atoms in total. The Labute approximate surface area is 64.9 Å². The van der Waals surface area contributed by atoms with Crippen LogP contribution in [0.25, 0.3) is 0 Å². The van der Waals surface area contributed by atoms with Gasteiger partial charge in [-0.15, -0.1) is 6.58 Å². The van der Waals surface area contributed by atoms with E-state index in [1.54, 1.807) is 6.08 Å². The zero-order chi connectivity index (χ0) is 8.43. The lowest BCUT2D eigenvalue weighted by atomic mass is 10.3. The third-order valence-corrected chi connectivity index (χ3v) is 1.65. The van der Waals surface area contributed by atoms with E-state index in [0.29, 0.717) is 0 Å². The van der Waals surface area contributed by atoms with Gasteiger partial charge in [0.15, 0.2) is 0 Å². The zero-order valence-electron chi connectivity index (χ0n) is 6.33. The summed E-state index contributed by atoms with van der Waals surface area (Å²) in [5, 5.41) is 2.18. The lowest BCUT2D eigenvalue weighted by molar-refractivity contribution is -0.118. The Morgan fingerprint density at radius 2 is 2.36 bits per heavy atom. The first-order valence-electron chi connectivity index (χ1n) is 3.38. The van der Waals surface area contributed by atoms with E-state index in [1.807, 2.05) is 6.92 Å². The summed E-state index contributed by atoms with van der Waals surface area (Å²) >= 11 is 0. The van der Waals surface area contributed by atoms with E-state index in [4.69, 9.17) is 0 Å². The average Bonchev–Trinajstić information content (AvgIpc) is 2.28. The summed E-state index contributed by atoms with van der Waals surface area (Å²) in [7, 11) is 0. The fourth-order valence-electron chi connectivity index (χ4n) is 0.913. The third kappa shape index (κ3) is 1.39. The van der Waals surface area contributed by atoms with Gasteiger partial charge in [0.1, 0.15) is 6.54 Å². The molecule has 0 aromatic carbocycles. The van der Waals surface area contributed by atoms with E-state index in [2.05, 4.69) is 11.9 Å². The van der Waals surface area contributed by atoms with Crippen molar-refractivity contribution in [3.63, 3.8) is 0 Å². The van der Waals surface area contributed by atoms with Crippen LogP contribution in [-0.2, 0) is 4.79 Å². The molecule has 1 aliphatic heterocycles. The highest BCUT2D eigenvalue weighted by Gasteiger charge is 2.28. The van der Waals surface area contributed by atoms with Crippen LogP contribution in [0.3, 0.4) is 0 Å². The van der Waals surface area contributed by atoms with Crippen molar-refractivity contribution in [2.45, 2.75) is 13.0 Å². The molecule has 1 rings (SSSR count). The molecule has 0 aromatic heterocycles. The number of rotatable bonds is 2. The van der Waals surface area contributed by atoms with Crippen molar-refractivity contribution < 1.29 is 9.59 Å². The van der Waals surface area contributed by atoms with Gasteiger partial charge in [0, 0.05) is 6.04 Å². The quantitative estimate of drug-likeness (QED) is 0.453. The smallest absolute Gasteiger partial charge is 0.309 e. The first kappa shape index (κ1) is 7.78. The molecule has 3 amide bonds. The van der Waals surface area contributed by atoms with Crippen LogP contribution in [0.2, 0.25) is 0 Å².